The number of ether oxygens (including phenoxy) is 2. The zero-order valence-corrected chi connectivity index (χ0v) is 21.6. The second-order valence-corrected chi connectivity index (χ2v) is 9.44. The second-order valence-electron chi connectivity index (χ2n) is 9.44. The molecular weight excluding hydrogens is 476 g/mol. The maximum absolute atomic E-state index is 13.2. The van der Waals surface area contributed by atoms with Gasteiger partial charge in [0.2, 0.25) is 5.91 Å². The van der Waals surface area contributed by atoms with Gasteiger partial charge in [0.05, 0.1) is 5.56 Å². The standard InChI is InChI=1S/C32H28N2O4/c1-4-33(5-2)23-15-17-27-30(20-23)37-29-18-16-24(34(21(3)35)22-11-7-6-8-12-22)19-28(29)32(27)26-14-10-9-13-25(26)31(36)38-32/h6-20H,4-5H2,1-3H3. The van der Waals surface area contributed by atoms with Gasteiger partial charge in [-0.3, -0.25) is 9.69 Å². The molecule has 2 aliphatic heterocycles. The largest absolute Gasteiger partial charge is 0.456 e. The zero-order chi connectivity index (χ0) is 26.4. The molecule has 0 radical (unpaired) electrons. The SMILES string of the molecule is CCN(CC)c1ccc2c(c1)Oc1ccc(N(C(C)=O)c3ccccc3)cc1C21OC(=O)c2ccccc21. The van der Waals surface area contributed by atoms with Crippen LogP contribution in [0, 0.1) is 0 Å². The molecule has 6 nitrogen and oxygen atoms in total. The van der Waals surface area contributed by atoms with Gasteiger partial charge in [-0.05, 0) is 62.4 Å². The van der Waals surface area contributed by atoms with Gasteiger partial charge in [0, 0.05) is 59.8 Å². The molecule has 0 saturated carbocycles. The van der Waals surface area contributed by atoms with E-state index in [9.17, 15) is 9.59 Å². The Kier molecular flexibility index (Phi) is 5.68. The van der Waals surface area contributed by atoms with E-state index in [-0.39, 0.29) is 11.9 Å². The van der Waals surface area contributed by atoms with Crippen LogP contribution in [0.15, 0.2) is 91.0 Å². The fraction of sp³-hybridized carbons (Fsp3) is 0.188. The van der Waals surface area contributed by atoms with E-state index in [0.29, 0.717) is 28.3 Å². The molecule has 6 heteroatoms. The van der Waals surface area contributed by atoms with Crippen molar-refractivity contribution in [3.05, 3.63) is 113 Å². The maximum atomic E-state index is 13.2. The van der Waals surface area contributed by atoms with Crippen LogP contribution in [0.1, 0.15) is 47.8 Å². The zero-order valence-electron chi connectivity index (χ0n) is 21.6. The fourth-order valence-corrected chi connectivity index (χ4v) is 5.66. The van der Waals surface area contributed by atoms with Gasteiger partial charge in [0.15, 0.2) is 5.60 Å². The van der Waals surface area contributed by atoms with Crippen molar-refractivity contribution in [2.75, 3.05) is 22.9 Å². The number of benzene rings is 4. The van der Waals surface area contributed by atoms with Gasteiger partial charge in [-0.2, -0.15) is 0 Å². The van der Waals surface area contributed by atoms with Gasteiger partial charge in [-0.1, -0.05) is 36.4 Å². The Hall–Kier alpha value is -4.58. The van der Waals surface area contributed by atoms with Gasteiger partial charge in [0.1, 0.15) is 11.5 Å². The molecule has 0 bridgehead atoms. The Morgan fingerprint density at radius 3 is 2.18 bits per heavy atom. The van der Waals surface area contributed by atoms with Gasteiger partial charge >= 0.3 is 5.97 Å². The van der Waals surface area contributed by atoms with Crippen molar-refractivity contribution in [3.63, 3.8) is 0 Å². The summed E-state index contributed by atoms with van der Waals surface area (Å²) in [6, 6.07) is 28.6. The van der Waals surface area contributed by atoms with E-state index in [1.807, 2.05) is 84.9 Å². The van der Waals surface area contributed by atoms with Crippen molar-refractivity contribution in [2.24, 2.45) is 0 Å². The summed E-state index contributed by atoms with van der Waals surface area (Å²) in [5, 5.41) is 0. The van der Waals surface area contributed by atoms with Crippen LogP contribution in [0.5, 0.6) is 11.5 Å². The van der Waals surface area contributed by atoms with Crippen LogP contribution in [0.25, 0.3) is 0 Å². The molecule has 4 aromatic carbocycles. The molecule has 1 spiro atoms. The molecule has 1 unspecified atom stereocenters. The second kappa shape index (κ2) is 9.06. The highest BCUT2D eigenvalue weighted by atomic mass is 16.6. The highest BCUT2D eigenvalue weighted by Gasteiger charge is 2.53. The number of hydrogen-bond acceptors (Lipinski definition) is 5. The van der Waals surface area contributed by atoms with Crippen LogP contribution in [-0.4, -0.2) is 25.0 Å². The third-order valence-electron chi connectivity index (χ3n) is 7.39. The molecule has 0 aliphatic carbocycles. The van der Waals surface area contributed by atoms with Crippen molar-refractivity contribution in [1.82, 2.24) is 0 Å². The monoisotopic (exact) mass is 504 g/mol. The summed E-state index contributed by atoms with van der Waals surface area (Å²) >= 11 is 0. The van der Waals surface area contributed by atoms with Crippen molar-refractivity contribution >= 4 is 28.9 Å². The Morgan fingerprint density at radius 1 is 0.737 bits per heavy atom. The highest BCUT2D eigenvalue weighted by Crippen LogP contribution is 2.57. The Labute approximate surface area is 222 Å². The van der Waals surface area contributed by atoms with Gasteiger partial charge in [0.25, 0.3) is 0 Å². The predicted molar refractivity (Wildman–Crippen MR) is 148 cm³/mol. The molecule has 38 heavy (non-hydrogen) atoms. The van der Waals surface area contributed by atoms with Crippen LogP contribution in [0.4, 0.5) is 17.1 Å². The average molecular weight is 505 g/mol. The molecule has 1 atom stereocenters. The summed E-state index contributed by atoms with van der Waals surface area (Å²) in [7, 11) is 0. The normalized spacial score (nSPS) is 16.7. The number of fused-ring (bicyclic) bond motifs is 6. The minimum absolute atomic E-state index is 0.130. The third kappa shape index (κ3) is 3.48. The lowest BCUT2D eigenvalue weighted by Crippen LogP contribution is -2.34. The lowest BCUT2D eigenvalue weighted by molar-refractivity contribution is -0.115. The molecule has 190 valence electrons. The first-order valence-electron chi connectivity index (χ1n) is 12.9. The molecule has 0 aromatic heterocycles. The van der Waals surface area contributed by atoms with E-state index in [1.54, 1.807) is 11.0 Å². The molecule has 2 heterocycles. The minimum atomic E-state index is -1.20. The number of rotatable bonds is 5. The molecule has 4 aromatic rings. The van der Waals surface area contributed by atoms with Crippen LogP contribution in [-0.2, 0) is 15.1 Å². The summed E-state index contributed by atoms with van der Waals surface area (Å²) in [5.41, 5.74) is 3.96. The topological polar surface area (TPSA) is 59.1 Å². The van der Waals surface area contributed by atoms with Crippen LogP contribution in [0.2, 0.25) is 0 Å². The van der Waals surface area contributed by atoms with Crippen molar-refractivity contribution in [3.8, 4) is 11.5 Å². The van der Waals surface area contributed by atoms with E-state index < -0.39 is 5.60 Å². The Bertz CT molecular complexity index is 1560. The number of hydrogen-bond donors (Lipinski definition) is 0. The number of nitrogens with zero attached hydrogens (tertiary/aromatic N) is 2. The third-order valence-corrected chi connectivity index (χ3v) is 7.39. The van der Waals surface area contributed by atoms with E-state index in [0.717, 1.165) is 35.6 Å². The molecule has 1 amide bonds. The number of esters is 1. The summed E-state index contributed by atoms with van der Waals surface area (Å²) in [4.78, 5) is 30.0. The molecule has 2 aliphatic rings. The molecule has 0 saturated heterocycles. The van der Waals surface area contributed by atoms with Crippen molar-refractivity contribution in [2.45, 2.75) is 26.4 Å². The Balaban J connectivity index is 1.60. The van der Waals surface area contributed by atoms with Gasteiger partial charge < -0.3 is 14.4 Å². The molecule has 0 fully saturated rings. The fourth-order valence-electron chi connectivity index (χ4n) is 5.66. The number of anilines is 3. The number of carbonyl (C=O) groups is 2. The van der Waals surface area contributed by atoms with E-state index in [1.165, 1.54) is 6.92 Å². The van der Waals surface area contributed by atoms with Crippen LogP contribution >= 0.6 is 0 Å². The quantitative estimate of drug-likeness (QED) is 0.280. The number of carbonyl (C=O) groups excluding carboxylic acids is 2. The van der Waals surface area contributed by atoms with E-state index in [2.05, 4.69) is 18.7 Å². The smallest absolute Gasteiger partial charge is 0.340 e. The van der Waals surface area contributed by atoms with Crippen molar-refractivity contribution in [1.29, 1.82) is 0 Å². The summed E-state index contributed by atoms with van der Waals surface area (Å²) < 4.78 is 12.8. The molecular formula is C32H28N2O4. The lowest BCUT2D eigenvalue weighted by Gasteiger charge is -2.38. The first-order valence-corrected chi connectivity index (χ1v) is 12.9. The van der Waals surface area contributed by atoms with Gasteiger partial charge in [-0.25, -0.2) is 4.79 Å². The van der Waals surface area contributed by atoms with Crippen LogP contribution in [0.3, 0.4) is 0 Å². The van der Waals surface area contributed by atoms with E-state index in [4.69, 9.17) is 9.47 Å². The average Bonchev–Trinajstić information content (AvgIpc) is 3.23. The van der Waals surface area contributed by atoms with Gasteiger partial charge in [-0.15, -0.1) is 0 Å². The highest BCUT2D eigenvalue weighted by molar-refractivity contribution is 6.00. The van der Waals surface area contributed by atoms with Crippen molar-refractivity contribution < 1.29 is 19.1 Å². The summed E-state index contributed by atoms with van der Waals surface area (Å²) in [5.74, 6) is 0.712. The minimum Gasteiger partial charge on any atom is -0.456 e. The predicted octanol–water partition coefficient (Wildman–Crippen LogP) is 6.79. The first-order chi connectivity index (χ1) is 18.5. The van der Waals surface area contributed by atoms with E-state index >= 15 is 0 Å². The number of amides is 1. The number of para-hydroxylation sites is 1. The summed E-state index contributed by atoms with van der Waals surface area (Å²) in [6.07, 6.45) is 0. The maximum Gasteiger partial charge on any atom is 0.340 e. The summed E-state index contributed by atoms with van der Waals surface area (Å²) in [6.45, 7) is 7.49. The molecule has 6 rings (SSSR count). The first kappa shape index (κ1) is 23.8. The Morgan fingerprint density at radius 2 is 1.45 bits per heavy atom. The lowest BCUT2D eigenvalue weighted by atomic mass is 9.77. The van der Waals surface area contributed by atoms with Crippen LogP contribution < -0.4 is 14.5 Å². The molecule has 0 N–H and O–H groups in total.